The molecule has 0 fully saturated rings. The Kier molecular flexibility index (Phi) is 9.79. The van der Waals surface area contributed by atoms with Gasteiger partial charge in [0, 0.05) is 6.42 Å². The molecule has 0 radical (unpaired) electrons. The predicted octanol–water partition coefficient (Wildman–Crippen LogP) is 4.69. The summed E-state index contributed by atoms with van der Waals surface area (Å²) in [5.41, 5.74) is 1.05. The van der Waals surface area contributed by atoms with Crippen LogP contribution in [-0.4, -0.2) is 29.5 Å². The highest BCUT2D eigenvalue weighted by atomic mass is 16.5. The van der Waals surface area contributed by atoms with Gasteiger partial charge in [-0.05, 0) is 55.6 Å². The molecule has 0 aliphatic rings. The lowest BCUT2D eigenvalue weighted by Crippen LogP contribution is -2.23. The number of allylic oxidation sites excluding steroid dienone is 2. The summed E-state index contributed by atoms with van der Waals surface area (Å²) in [5, 5.41) is 20.6. The SMILES string of the molecule is CC=C(C)C(O)C(C)CC(C)CC(O)CC(=CC(C)(C)C)OC. The van der Waals surface area contributed by atoms with Gasteiger partial charge in [0.05, 0.1) is 25.1 Å². The van der Waals surface area contributed by atoms with Crippen LogP contribution in [-0.2, 0) is 4.74 Å². The summed E-state index contributed by atoms with van der Waals surface area (Å²) in [4.78, 5) is 0. The van der Waals surface area contributed by atoms with Crippen LogP contribution in [0, 0.1) is 17.3 Å². The number of aliphatic hydroxyl groups excluding tert-OH is 2. The first-order valence-corrected chi connectivity index (χ1v) is 8.74. The summed E-state index contributed by atoms with van der Waals surface area (Å²) in [5.74, 6) is 1.39. The predicted molar refractivity (Wildman–Crippen MR) is 98.2 cm³/mol. The second kappa shape index (κ2) is 10.1. The number of hydrogen-bond donors (Lipinski definition) is 2. The van der Waals surface area contributed by atoms with Crippen molar-refractivity contribution in [3.63, 3.8) is 0 Å². The van der Waals surface area contributed by atoms with Crippen molar-refractivity contribution in [2.75, 3.05) is 7.11 Å². The molecule has 0 saturated carbocycles. The second-order valence-electron chi connectivity index (χ2n) is 8.07. The third kappa shape index (κ3) is 9.83. The molecule has 0 aliphatic carbocycles. The number of aliphatic hydroxyl groups is 2. The molecule has 0 aromatic rings. The summed E-state index contributed by atoms with van der Waals surface area (Å²) in [6.07, 6.45) is 5.39. The van der Waals surface area contributed by atoms with Gasteiger partial charge in [-0.1, -0.05) is 40.7 Å². The van der Waals surface area contributed by atoms with Crippen LogP contribution in [0.1, 0.15) is 67.7 Å². The molecule has 136 valence electrons. The smallest absolute Gasteiger partial charge is 0.0946 e. The highest BCUT2D eigenvalue weighted by molar-refractivity contribution is 5.04. The molecule has 2 N–H and O–H groups in total. The molecule has 3 nitrogen and oxygen atoms in total. The third-order valence-corrected chi connectivity index (χ3v) is 4.20. The van der Waals surface area contributed by atoms with Gasteiger partial charge >= 0.3 is 0 Å². The zero-order valence-electron chi connectivity index (χ0n) is 16.4. The van der Waals surface area contributed by atoms with Gasteiger partial charge in [-0.25, -0.2) is 0 Å². The summed E-state index contributed by atoms with van der Waals surface area (Å²) >= 11 is 0. The molecule has 3 heteroatoms. The molecule has 0 aromatic heterocycles. The van der Waals surface area contributed by atoms with Crippen LogP contribution >= 0.6 is 0 Å². The molecule has 23 heavy (non-hydrogen) atoms. The summed E-state index contributed by atoms with van der Waals surface area (Å²) < 4.78 is 5.40. The maximum atomic E-state index is 10.3. The van der Waals surface area contributed by atoms with E-state index in [1.807, 2.05) is 19.9 Å². The van der Waals surface area contributed by atoms with Gasteiger partial charge in [0.25, 0.3) is 0 Å². The fourth-order valence-corrected chi connectivity index (χ4v) is 2.94. The summed E-state index contributed by atoms with van der Waals surface area (Å²) in [6, 6.07) is 0. The largest absolute Gasteiger partial charge is 0.501 e. The van der Waals surface area contributed by atoms with E-state index in [0.717, 1.165) is 24.2 Å². The highest BCUT2D eigenvalue weighted by Crippen LogP contribution is 2.26. The molecule has 0 aliphatic heterocycles. The fourth-order valence-electron chi connectivity index (χ4n) is 2.94. The maximum Gasteiger partial charge on any atom is 0.0946 e. The molecule has 0 heterocycles. The Morgan fingerprint density at radius 2 is 1.70 bits per heavy atom. The van der Waals surface area contributed by atoms with E-state index in [2.05, 4.69) is 40.7 Å². The van der Waals surface area contributed by atoms with E-state index in [4.69, 9.17) is 4.74 Å². The van der Waals surface area contributed by atoms with E-state index in [9.17, 15) is 10.2 Å². The van der Waals surface area contributed by atoms with Crippen molar-refractivity contribution in [3.8, 4) is 0 Å². The van der Waals surface area contributed by atoms with E-state index in [0.29, 0.717) is 12.3 Å². The van der Waals surface area contributed by atoms with Crippen LogP contribution in [0.3, 0.4) is 0 Å². The maximum absolute atomic E-state index is 10.3. The lowest BCUT2D eigenvalue weighted by atomic mass is 9.86. The van der Waals surface area contributed by atoms with Crippen molar-refractivity contribution in [1.82, 2.24) is 0 Å². The summed E-state index contributed by atoms with van der Waals surface area (Å²) in [6.45, 7) is 14.5. The van der Waals surface area contributed by atoms with Crippen molar-refractivity contribution >= 4 is 0 Å². The Morgan fingerprint density at radius 3 is 2.13 bits per heavy atom. The molecule has 0 saturated heterocycles. The van der Waals surface area contributed by atoms with Crippen LogP contribution in [0.2, 0.25) is 0 Å². The topological polar surface area (TPSA) is 49.7 Å². The zero-order valence-corrected chi connectivity index (χ0v) is 16.4. The number of methoxy groups -OCH3 is 1. The second-order valence-corrected chi connectivity index (χ2v) is 8.07. The van der Waals surface area contributed by atoms with Gasteiger partial charge in [-0.2, -0.15) is 0 Å². The first kappa shape index (κ1) is 22.2. The minimum Gasteiger partial charge on any atom is -0.501 e. The average Bonchev–Trinajstić information content (AvgIpc) is 2.42. The van der Waals surface area contributed by atoms with Crippen LogP contribution in [0.4, 0.5) is 0 Å². The summed E-state index contributed by atoms with van der Waals surface area (Å²) in [7, 11) is 1.66. The Balaban J connectivity index is 4.50. The minimum atomic E-state index is -0.411. The van der Waals surface area contributed by atoms with Gasteiger partial charge in [-0.15, -0.1) is 0 Å². The lowest BCUT2D eigenvalue weighted by molar-refractivity contribution is 0.100. The Bertz CT molecular complexity index is 390. The lowest BCUT2D eigenvalue weighted by Gasteiger charge is -2.25. The molecule has 0 rings (SSSR count). The number of ether oxygens (including phenoxy) is 1. The third-order valence-electron chi connectivity index (χ3n) is 4.20. The van der Waals surface area contributed by atoms with Gasteiger partial charge in [0.2, 0.25) is 0 Å². The van der Waals surface area contributed by atoms with Gasteiger partial charge in [-0.3, -0.25) is 0 Å². The molecule has 0 spiro atoms. The number of rotatable bonds is 9. The molecule has 0 aromatic carbocycles. The van der Waals surface area contributed by atoms with Gasteiger partial charge in [0.1, 0.15) is 0 Å². The average molecular weight is 327 g/mol. The van der Waals surface area contributed by atoms with E-state index in [1.165, 1.54) is 0 Å². The van der Waals surface area contributed by atoms with Gasteiger partial charge in [0.15, 0.2) is 0 Å². The standard InChI is InChI=1S/C20H38O3/c1-9-15(3)19(22)16(4)10-14(2)11-17(21)12-18(23-8)13-20(5,6)7/h9,13-14,16-17,19,21-22H,10-12H2,1-8H3. The first-order chi connectivity index (χ1) is 10.5. The molecular formula is C20H38O3. The monoisotopic (exact) mass is 326 g/mol. The molecular weight excluding hydrogens is 288 g/mol. The Morgan fingerprint density at radius 1 is 1.13 bits per heavy atom. The van der Waals surface area contributed by atoms with Crippen molar-refractivity contribution in [1.29, 1.82) is 0 Å². The van der Waals surface area contributed by atoms with Crippen LogP contribution in [0.15, 0.2) is 23.5 Å². The Hall–Kier alpha value is -0.800. The quantitative estimate of drug-likeness (QED) is 0.477. The van der Waals surface area contributed by atoms with E-state index in [-0.39, 0.29) is 11.3 Å². The molecule has 0 amide bonds. The molecule has 4 atom stereocenters. The highest BCUT2D eigenvalue weighted by Gasteiger charge is 2.21. The van der Waals surface area contributed by atoms with E-state index >= 15 is 0 Å². The molecule has 0 bridgehead atoms. The van der Waals surface area contributed by atoms with E-state index in [1.54, 1.807) is 7.11 Å². The van der Waals surface area contributed by atoms with E-state index < -0.39 is 12.2 Å². The normalized spacial score (nSPS) is 19.2. The zero-order chi connectivity index (χ0) is 18.2. The number of hydrogen-bond acceptors (Lipinski definition) is 3. The first-order valence-electron chi connectivity index (χ1n) is 8.74. The minimum absolute atomic E-state index is 0.0410. The van der Waals surface area contributed by atoms with Crippen LogP contribution in [0.25, 0.3) is 0 Å². The van der Waals surface area contributed by atoms with Crippen LogP contribution < -0.4 is 0 Å². The van der Waals surface area contributed by atoms with Crippen molar-refractivity contribution < 1.29 is 14.9 Å². The van der Waals surface area contributed by atoms with Crippen molar-refractivity contribution in [2.45, 2.75) is 79.9 Å². The van der Waals surface area contributed by atoms with Crippen LogP contribution in [0.5, 0.6) is 0 Å². The Labute approximate surface area is 143 Å². The molecule has 4 unspecified atom stereocenters. The van der Waals surface area contributed by atoms with Crippen molar-refractivity contribution in [3.05, 3.63) is 23.5 Å². The van der Waals surface area contributed by atoms with Crippen molar-refractivity contribution in [2.24, 2.45) is 17.3 Å². The van der Waals surface area contributed by atoms with Gasteiger partial charge < -0.3 is 14.9 Å². The fraction of sp³-hybridized carbons (Fsp3) is 0.800.